The van der Waals surface area contributed by atoms with Crippen LogP contribution in [0.1, 0.15) is 22.9 Å². The molecule has 1 atom stereocenters. The van der Waals surface area contributed by atoms with Crippen molar-refractivity contribution in [3.8, 4) is 5.88 Å². The standard InChI is InChI=1S/C14H15NO2/c1-10-12(8-9-13(15-10)17-2)14(16)11-6-4-3-5-7-11/h3-9,14,16H,1-2H3/t14-/m1/s1. The van der Waals surface area contributed by atoms with Gasteiger partial charge in [0, 0.05) is 17.3 Å². The second-order valence-corrected chi connectivity index (χ2v) is 3.84. The molecule has 0 saturated carbocycles. The SMILES string of the molecule is COc1ccc([C@H](O)c2ccccc2)c(C)n1. The Bertz CT molecular complexity index is 497. The van der Waals surface area contributed by atoms with E-state index in [0.29, 0.717) is 5.88 Å². The van der Waals surface area contributed by atoms with Crippen LogP contribution in [-0.4, -0.2) is 17.2 Å². The van der Waals surface area contributed by atoms with Gasteiger partial charge in [-0.3, -0.25) is 0 Å². The van der Waals surface area contributed by atoms with Crippen molar-refractivity contribution in [1.82, 2.24) is 4.98 Å². The Kier molecular flexibility index (Phi) is 3.40. The Balaban J connectivity index is 2.34. The molecule has 1 aromatic carbocycles. The predicted molar refractivity (Wildman–Crippen MR) is 66.0 cm³/mol. The summed E-state index contributed by atoms with van der Waals surface area (Å²) < 4.78 is 5.04. The first kappa shape index (κ1) is 11.6. The van der Waals surface area contributed by atoms with E-state index >= 15 is 0 Å². The lowest BCUT2D eigenvalue weighted by Crippen LogP contribution is -2.04. The third-order valence-corrected chi connectivity index (χ3v) is 2.72. The van der Waals surface area contributed by atoms with Gasteiger partial charge in [0.1, 0.15) is 6.10 Å². The number of aliphatic hydroxyl groups excluding tert-OH is 1. The van der Waals surface area contributed by atoms with E-state index in [1.165, 1.54) is 0 Å². The average molecular weight is 229 g/mol. The molecule has 3 heteroatoms. The molecular weight excluding hydrogens is 214 g/mol. The summed E-state index contributed by atoms with van der Waals surface area (Å²) in [5.74, 6) is 0.562. The molecule has 0 bridgehead atoms. The van der Waals surface area contributed by atoms with Gasteiger partial charge in [0.05, 0.1) is 7.11 Å². The Morgan fingerprint density at radius 2 is 1.82 bits per heavy atom. The number of aromatic nitrogens is 1. The third kappa shape index (κ3) is 2.45. The molecule has 0 aliphatic heterocycles. The highest BCUT2D eigenvalue weighted by molar-refractivity contribution is 5.34. The summed E-state index contributed by atoms with van der Waals surface area (Å²) in [5, 5.41) is 10.3. The van der Waals surface area contributed by atoms with Gasteiger partial charge in [-0.25, -0.2) is 4.98 Å². The molecule has 3 nitrogen and oxygen atoms in total. The normalized spacial score (nSPS) is 12.2. The van der Waals surface area contributed by atoms with Gasteiger partial charge >= 0.3 is 0 Å². The van der Waals surface area contributed by atoms with Crippen LogP contribution in [0.25, 0.3) is 0 Å². The minimum atomic E-state index is -0.644. The molecule has 0 radical (unpaired) electrons. The molecule has 1 N–H and O–H groups in total. The smallest absolute Gasteiger partial charge is 0.213 e. The summed E-state index contributed by atoms with van der Waals surface area (Å²) in [7, 11) is 1.58. The first-order chi connectivity index (χ1) is 8.22. The molecule has 0 unspecified atom stereocenters. The molecule has 0 aliphatic carbocycles. The molecule has 0 amide bonds. The van der Waals surface area contributed by atoms with Gasteiger partial charge in [0.15, 0.2) is 0 Å². The Morgan fingerprint density at radius 1 is 1.12 bits per heavy atom. The van der Waals surface area contributed by atoms with Gasteiger partial charge in [-0.05, 0) is 18.6 Å². The summed E-state index contributed by atoms with van der Waals surface area (Å²) in [6.45, 7) is 1.87. The van der Waals surface area contributed by atoms with Crippen LogP contribution in [0.2, 0.25) is 0 Å². The van der Waals surface area contributed by atoms with Gasteiger partial charge in [-0.2, -0.15) is 0 Å². The molecule has 0 aliphatic rings. The van der Waals surface area contributed by atoms with E-state index in [9.17, 15) is 5.11 Å². The van der Waals surface area contributed by atoms with Gasteiger partial charge < -0.3 is 9.84 Å². The first-order valence-electron chi connectivity index (χ1n) is 5.47. The lowest BCUT2D eigenvalue weighted by molar-refractivity contribution is 0.218. The van der Waals surface area contributed by atoms with Gasteiger partial charge in [-0.15, -0.1) is 0 Å². The highest BCUT2D eigenvalue weighted by atomic mass is 16.5. The van der Waals surface area contributed by atoms with Gasteiger partial charge in [-0.1, -0.05) is 30.3 Å². The maximum Gasteiger partial charge on any atom is 0.213 e. The zero-order valence-electron chi connectivity index (χ0n) is 9.92. The molecule has 1 aromatic heterocycles. The molecule has 0 saturated heterocycles. The fourth-order valence-corrected chi connectivity index (χ4v) is 1.77. The number of aliphatic hydroxyl groups is 1. The van der Waals surface area contributed by atoms with E-state index in [-0.39, 0.29) is 0 Å². The van der Waals surface area contributed by atoms with E-state index in [0.717, 1.165) is 16.8 Å². The largest absolute Gasteiger partial charge is 0.481 e. The average Bonchev–Trinajstić information content (AvgIpc) is 2.39. The zero-order valence-corrected chi connectivity index (χ0v) is 9.92. The summed E-state index contributed by atoms with van der Waals surface area (Å²) in [4.78, 5) is 4.26. The maximum atomic E-state index is 10.3. The number of nitrogens with zero attached hydrogens (tertiary/aromatic N) is 1. The quantitative estimate of drug-likeness (QED) is 0.879. The van der Waals surface area contributed by atoms with Gasteiger partial charge in [0.2, 0.25) is 5.88 Å². The molecule has 2 rings (SSSR count). The van der Waals surface area contributed by atoms with Crippen molar-refractivity contribution in [2.45, 2.75) is 13.0 Å². The maximum absolute atomic E-state index is 10.3. The van der Waals surface area contributed by atoms with E-state index in [4.69, 9.17) is 4.74 Å². The van der Waals surface area contributed by atoms with Crippen molar-refractivity contribution in [3.63, 3.8) is 0 Å². The van der Waals surface area contributed by atoms with E-state index in [2.05, 4.69) is 4.98 Å². The van der Waals surface area contributed by atoms with Crippen LogP contribution in [0.3, 0.4) is 0 Å². The van der Waals surface area contributed by atoms with Crippen molar-refractivity contribution < 1.29 is 9.84 Å². The topological polar surface area (TPSA) is 42.4 Å². The van der Waals surface area contributed by atoms with Crippen molar-refractivity contribution >= 4 is 0 Å². The van der Waals surface area contributed by atoms with Crippen LogP contribution in [0, 0.1) is 6.92 Å². The molecule has 2 aromatic rings. The molecule has 1 heterocycles. The van der Waals surface area contributed by atoms with Crippen LogP contribution >= 0.6 is 0 Å². The zero-order chi connectivity index (χ0) is 12.3. The van der Waals surface area contributed by atoms with Crippen LogP contribution in [0.4, 0.5) is 0 Å². The van der Waals surface area contributed by atoms with Crippen LogP contribution in [-0.2, 0) is 0 Å². The minimum Gasteiger partial charge on any atom is -0.481 e. The summed E-state index contributed by atoms with van der Waals surface area (Å²) in [5.41, 5.74) is 2.44. The van der Waals surface area contributed by atoms with E-state index in [1.54, 1.807) is 13.2 Å². The number of benzene rings is 1. The lowest BCUT2D eigenvalue weighted by atomic mass is 10.0. The highest BCUT2D eigenvalue weighted by Gasteiger charge is 2.13. The fourth-order valence-electron chi connectivity index (χ4n) is 1.77. The van der Waals surface area contributed by atoms with Crippen molar-refractivity contribution in [3.05, 3.63) is 59.3 Å². The fraction of sp³-hybridized carbons (Fsp3) is 0.214. The predicted octanol–water partition coefficient (Wildman–Crippen LogP) is 2.48. The number of methoxy groups -OCH3 is 1. The van der Waals surface area contributed by atoms with Crippen molar-refractivity contribution in [2.24, 2.45) is 0 Å². The summed E-state index contributed by atoms with van der Waals surface area (Å²) >= 11 is 0. The molecule has 0 spiro atoms. The van der Waals surface area contributed by atoms with Gasteiger partial charge in [0.25, 0.3) is 0 Å². The number of hydrogen-bond acceptors (Lipinski definition) is 3. The van der Waals surface area contributed by atoms with Crippen molar-refractivity contribution in [1.29, 1.82) is 0 Å². The van der Waals surface area contributed by atoms with E-state index in [1.807, 2.05) is 43.3 Å². The number of aryl methyl sites for hydroxylation is 1. The molecular formula is C14H15NO2. The number of ether oxygens (including phenoxy) is 1. The number of pyridine rings is 1. The molecule has 17 heavy (non-hydrogen) atoms. The second kappa shape index (κ2) is 4.97. The summed E-state index contributed by atoms with van der Waals surface area (Å²) in [6, 6.07) is 13.1. The van der Waals surface area contributed by atoms with Crippen LogP contribution < -0.4 is 4.74 Å². The van der Waals surface area contributed by atoms with Crippen molar-refractivity contribution in [2.75, 3.05) is 7.11 Å². The van der Waals surface area contributed by atoms with Crippen LogP contribution in [0.5, 0.6) is 5.88 Å². The third-order valence-electron chi connectivity index (χ3n) is 2.72. The monoisotopic (exact) mass is 229 g/mol. The Morgan fingerprint density at radius 3 is 2.41 bits per heavy atom. The highest BCUT2D eigenvalue weighted by Crippen LogP contribution is 2.25. The number of rotatable bonds is 3. The number of hydrogen-bond donors (Lipinski definition) is 1. The molecule has 0 fully saturated rings. The molecule has 88 valence electrons. The second-order valence-electron chi connectivity index (χ2n) is 3.84. The Hall–Kier alpha value is -1.87. The summed E-state index contributed by atoms with van der Waals surface area (Å²) in [6.07, 6.45) is -0.644. The van der Waals surface area contributed by atoms with E-state index < -0.39 is 6.10 Å². The first-order valence-corrected chi connectivity index (χ1v) is 5.47. The lowest BCUT2D eigenvalue weighted by Gasteiger charge is -2.14. The Labute approximate surface area is 101 Å². The minimum absolute atomic E-state index is 0.562. The van der Waals surface area contributed by atoms with Crippen LogP contribution in [0.15, 0.2) is 42.5 Å².